The van der Waals surface area contributed by atoms with Crippen molar-refractivity contribution >= 4 is 0 Å². The summed E-state index contributed by atoms with van der Waals surface area (Å²) in [4.78, 5) is 0. The summed E-state index contributed by atoms with van der Waals surface area (Å²) >= 11 is 0. The summed E-state index contributed by atoms with van der Waals surface area (Å²) in [5.74, 6) is 0.586. The standard InChI is InChI=1S/C10H22N2/c11-10(12)9-7-5-3-1-2-4-6-8-9/h9-10H,1-8,11-12H2. The van der Waals surface area contributed by atoms with Gasteiger partial charge in [-0.15, -0.1) is 0 Å². The Balaban J connectivity index is 2.28. The van der Waals surface area contributed by atoms with Gasteiger partial charge in [0.15, 0.2) is 0 Å². The maximum atomic E-state index is 5.72. The monoisotopic (exact) mass is 170 g/mol. The molecule has 12 heavy (non-hydrogen) atoms. The van der Waals surface area contributed by atoms with E-state index in [1.165, 1.54) is 51.4 Å². The lowest BCUT2D eigenvalue weighted by Gasteiger charge is -2.19. The van der Waals surface area contributed by atoms with Gasteiger partial charge in [-0.25, -0.2) is 0 Å². The van der Waals surface area contributed by atoms with E-state index in [0.29, 0.717) is 5.92 Å². The van der Waals surface area contributed by atoms with Gasteiger partial charge in [-0.3, -0.25) is 0 Å². The Kier molecular flexibility index (Phi) is 4.62. The normalized spacial score (nSPS) is 23.2. The zero-order valence-electron chi connectivity index (χ0n) is 7.97. The van der Waals surface area contributed by atoms with Crippen molar-refractivity contribution in [2.24, 2.45) is 17.4 Å². The summed E-state index contributed by atoms with van der Waals surface area (Å²) in [6, 6.07) is 0. The minimum absolute atomic E-state index is 0.0805. The molecule has 1 aliphatic rings. The lowest BCUT2D eigenvalue weighted by molar-refractivity contribution is 0.360. The molecule has 1 rings (SSSR count). The van der Waals surface area contributed by atoms with Crippen molar-refractivity contribution in [1.29, 1.82) is 0 Å². The first-order valence-corrected chi connectivity index (χ1v) is 5.32. The molecule has 1 fully saturated rings. The van der Waals surface area contributed by atoms with E-state index in [4.69, 9.17) is 11.5 Å². The van der Waals surface area contributed by atoms with Gasteiger partial charge in [0.1, 0.15) is 0 Å². The Morgan fingerprint density at radius 1 is 0.750 bits per heavy atom. The Hall–Kier alpha value is -0.0800. The third-order valence-electron chi connectivity index (χ3n) is 2.94. The first-order valence-electron chi connectivity index (χ1n) is 5.32. The van der Waals surface area contributed by atoms with Crippen LogP contribution in [0.4, 0.5) is 0 Å². The molecule has 72 valence electrons. The molecule has 0 bridgehead atoms. The SMILES string of the molecule is NC(N)C1CCCCCCCC1. The summed E-state index contributed by atoms with van der Waals surface area (Å²) in [5.41, 5.74) is 11.4. The fourth-order valence-corrected chi connectivity index (χ4v) is 2.05. The maximum absolute atomic E-state index is 5.72. The number of hydrogen-bond donors (Lipinski definition) is 2. The van der Waals surface area contributed by atoms with Crippen LogP contribution in [-0.2, 0) is 0 Å². The fraction of sp³-hybridized carbons (Fsp3) is 1.00. The molecule has 0 aromatic rings. The summed E-state index contributed by atoms with van der Waals surface area (Å²) in [6.07, 6.45) is 10.6. The molecule has 2 nitrogen and oxygen atoms in total. The van der Waals surface area contributed by atoms with Crippen LogP contribution in [0.2, 0.25) is 0 Å². The molecule has 0 aromatic carbocycles. The summed E-state index contributed by atoms with van der Waals surface area (Å²) < 4.78 is 0. The van der Waals surface area contributed by atoms with Crippen LogP contribution < -0.4 is 11.5 Å². The van der Waals surface area contributed by atoms with E-state index in [1.54, 1.807) is 0 Å². The van der Waals surface area contributed by atoms with Crippen LogP contribution in [0.5, 0.6) is 0 Å². The highest BCUT2D eigenvalue weighted by Gasteiger charge is 2.14. The molecule has 0 atom stereocenters. The third-order valence-corrected chi connectivity index (χ3v) is 2.94. The molecule has 0 unspecified atom stereocenters. The van der Waals surface area contributed by atoms with E-state index in [9.17, 15) is 0 Å². The summed E-state index contributed by atoms with van der Waals surface area (Å²) in [7, 11) is 0. The minimum Gasteiger partial charge on any atom is -0.316 e. The first kappa shape index (κ1) is 10.0. The van der Waals surface area contributed by atoms with Gasteiger partial charge < -0.3 is 11.5 Å². The van der Waals surface area contributed by atoms with Gasteiger partial charge in [-0.1, -0.05) is 38.5 Å². The second kappa shape index (κ2) is 5.55. The Morgan fingerprint density at radius 2 is 1.17 bits per heavy atom. The van der Waals surface area contributed by atoms with Crippen LogP contribution in [-0.4, -0.2) is 6.17 Å². The van der Waals surface area contributed by atoms with Gasteiger partial charge >= 0.3 is 0 Å². The first-order chi connectivity index (χ1) is 5.80. The Bertz CT molecular complexity index is 102. The molecule has 0 heterocycles. The zero-order chi connectivity index (χ0) is 8.81. The number of nitrogens with two attached hydrogens (primary N) is 2. The van der Waals surface area contributed by atoms with Crippen LogP contribution in [0.1, 0.15) is 51.4 Å². The zero-order valence-corrected chi connectivity index (χ0v) is 7.97. The van der Waals surface area contributed by atoms with Gasteiger partial charge in [0.2, 0.25) is 0 Å². The highest BCUT2D eigenvalue weighted by Crippen LogP contribution is 2.22. The average Bonchev–Trinajstić information content (AvgIpc) is 2.15. The fourth-order valence-electron chi connectivity index (χ4n) is 2.05. The molecule has 2 heteroatoms. The van der Waals surface area contributed by atoms with Crippen LogP contribution in [0.15, 0.2) is 0 Å². The van der Waals surface area contributed by atoms with Crippen molar-refractivity contribution < 1.29 is 0 Å². The smallest absolute Gasteiger partial charge is 0.0549 e. The van der Waals surface area contributed by atoms with Crippen molar-refractivity contribution in [3.8, 4) is 0 Å². The van der Waals surface area contributed by atoms with Crippen LogP contribution >= 0.6 is 0 Å². The lowest BCUT2D eigenvalue weighted by atomic mass is 9.95. The molecule has 0 amide bonds. The average molecular weight is 170 g/mol. The van der Waals surface area contributed by atoms with Crippen molar-refractivity contribution in [2.45, 2.75) is 57.5 Å². The van der Waals surface area contributed by atoms with E-state index in [-0.39, 0.29) is 6.17 Å². The van der Waals surface area contributed by atoms with Crippen molar-refractivity contribution in [1.82, 2.24) is 0 Å². The lowest BCUT2D eigenvalue weighted by Crippen LogP contribution is -2.38. The molecular weight excluding hydrogens is 148 g/mol. The van der Waals surface area contributed by atoms with Gasteiger partial charge in [0, 0.05) is 0 Å². The van der Waals surface area contributed by atoms with Gasteiger partial charge in [0.25, 0.3) is 0 Å². The topological polar surface area (TPSA) is 52.0 Å². The highest BCUT2D eigenvalue weighted by atomic mass is 14.9. The van der Waals surface area contributed by atoms with Gasteiger partial charge in [-0.2, -0.15) is 0 Å². The van der Waals surface area contributed by atoms with Crippen molar-refractivity contribution in [3.05, 3.63) is 0 Å². The van der Waals surface area contributed by atoms with Crippen LogP contribution in [0.3, 0.4) is 0 Å². The number of hydrogen-bond acceptors (Lipinski definition) is 2. The predicted octanol–water partition coefficient (Wildman–Crippen LogP) is 1.98. The summed E-state index contributed by atoms with van der Waals surface area (Å²) in [6.45, 7) is 0. The Morgan fingerprint density at radius 3 is 1.58 bits per heavy atom. The molecule has 0 radical (unpaired) electrons. The molecule has 0 aliphatic heterocycles. The van der Waals surface area contributed by atoms with E-state index in [0.717, 1.165) is 0 Å². The highest BCUT2D eigenvalue weighted by molar-refractivity contribution is 4.69. The molecule has 1 saturated carbocycles. The predicted molar refractivity (Wildman–Crippen MR) is 52.6 cm³/mol. The molecule has 0 aromatic heterocycles. The van der Waals surface area contributed by atoms with E-state index >= 15 is 0 Å². The third kappa shape index (κ3) is 3.55. The van der Waals surface area contributed by atoms with E-state index < -0.39 is 0 Å². The second-order valence-corrected chi connectivity index (χ2v) is 4.04. The molecular formula is C10H22N2. The molecule has 4 N–H and O–H groups in total. The van der Waals surface area contributed by atoms with Gasteiger partial charge in [0.05, 0.1) is 6.17 Å². The van der Waals surface area contributed by atoms with Crippen LogP contribution in [0.25, 0.3) is 0 Å². The second-order valence-electron chi connectivity index (χ2n) is 4.04. The minimum atomic E-state index is -0.0805. The van der Waals surface area contributed by atoms with E-state index in [1.807, 2.05) is 0 Å². The number of rotatable bonds is 1. The Labute approximate surface area is 75.7 Å². The van der Waals surface area contributed by atoms with Crippen molar-refractivity contribution in [3.63, 3.8) is 0 Å². The molecule has 1 aliphatic carbocycles. The largest absolute Gasteiger partial charge is 0.316 e. The van der Waals surface area contributed by atoms with Crippen LogP contribution in [0, 0.1) is 5.92 Å². The summed E-state index contributed by atoms with van der Waals surface area (Å²) in [5, 5.41) is 0. The van der Waals surface area contributed by atoms with Gasteiger partial charge in [-0.05, 0) is 18.8 Å². The van der Waals surface area contributed by atoms with Crippen molar-refractivity contribution in [2.75, 3.05) is 0 Å². The molecule has 0 saturated heterocycles. The maximum Gasteiger partial charge on any atom is 0.0549 e. The van der Waals surface area contributed by atoms with E-state index in [2.05, 4.69) is 0 Å². The quantitative estimate of drug-likeness (QED) is 0.591. The molecule has 0 spiro atoms.